The highest BCUT2D eigenvalue weighted by atomic mass is 35.5. The van der Waals surface area contributed by atoms with Crippen LogP contribution in [-0.4, -0.2) is 48.9 Å². The monoisotopic (exact) mass is 400 g/mol. The van der Waals surface area contributed by atoms with Crippen LogP contribution in [0.3, 0.4) is 0 Å². The van der Waals surface area contributed by atoms with E-state index in [1.807, 2.05) is 0 Å². The Morgan fingerprint density at radius 2 is 1.92 bits per heavy atom. The molecule has 146 valence electrons. The number of fused-ring (bicyclic) bond motifs is 2. The average molecular weight is 401 g/mol. The molecule has 3 unspecified atom stereocenters. The van der Waals surface area contributed by atoms with Gasteiger partial charge in [0, 0.05) is 24.8 Å². The third kappa shape index (κ3) is 4.03. The lowest BCUT2D eigenvalue weighted by atomic mass is 9.65. The molecular formula is C19H29ClN2O3S. The second-order valence-corrected chi connectivity index (χ2v) is 11.2. The molecule has 2 bridgehead atoms. The Kier molecular flexibility index (Phi) is 5.34. The van der Waals surface area contributed by atoms with E-state index >= 15 is 0 Å². The fraction of sp³-hybridized carbons (Fsp3) is 0.684. The van der Waals surface area contributed by atoms with Gasteiger partial charge in [-0.2, -0.15) is 4.31 Å². The van der Waals surface area contributed by atoms with Crippen LogP contribution in [0.2, 0.25) is 0 Å². The molecule has 1 saturated carbocycles. The second kappa shape index (κ2) is 6.97. The molecule has 2 fully saturated rings. The van der Waals surface area contributed by atoms with Crippen LogP contribution in [0.1, 0.15) is 40.0 Å². The molecule has 0 spiro atoms. The van der Waals surface area contributed by atoms with Crippen molar-refractivity contribution in [3.8, 4) is 0 Å². The number of hydrogen-bond acceptors (Lipinski definition) is 4. The number of halogens is 1. The van der Waals surface area contributed by atoms with E-state index in [0.717, 1.165) is 24.9 Å². The predicted octanol–water partition coefficient (Wildman–Crippen LogP) is 3.29. The quantitative estimate of drug-likeness (QED) is 0.719. The highest BCUT2D eigenvalue weighted by Gasteiger charge is 2.53. The predicted molar refractivity (Wildman–Crippen MR) is 105 cm³/mol. The Morgan fingerprint density at radius 3 is 2.54 bits per heavy atom. The first-order valence-electron chi connectivity index (χ1n) is 9.15. The van der Waals surface area contributed by atoms with E-state index in [2.05, 4.69) is 26.1 Å². The third-order valence-electron chi connectivity index (χ3n) is 5.55. The van der Waals surface area contributed by atoms with E-state index in [-0.39, 0.29) is 22.8 Å². The maximum absolute atomic E-state index is 13.2. The van der Waals surface area contributed by atoms with Crippen molar-refractivity contribution in [2.24, 2.45) is 10.8 Å². The average Bonchev–Trinajstić information content (AvgIpc) is 2.82. The number of benzene rings is 1. The second-order valence-electron chi connectivity index (χ2n) is 8.98. The number of sulfonamides is 1. The van der Waals surface area contributed by atoms with Gasteiger partial charge in [0.25, 0.3) is 0 Å². The van der Waals surface area contributed by atoms with Crippen molar-refractivity contribution in [1.29, 1.82) is 0 Å². The van der Waals surface area contributed by atoms with Gasteiger partial charge in [-0.1, -0.05) is 20.8 Å². The van der Waals surface area contributed by atoms with Crippen molar-refractivity contribution in [2.75, 3.05) is 24.3 Å². The first-order chi connectivity index (χ1) is 12.0. The van der Waals surface area contributed by atoms with E-state index < -0.39 is 16.1 Å². The standard InChI is InChI=1S/C19H29ClN2O3S/c1-18(2)8-15-9-19(3,12-18)13-22(15)26(24,25)17-6-4-14(5-7-17)21-11-16(23)10-20/h4-7,15-16,21,23H,8-13H2,1-3H3. The molecule has 3 rings (SSSR count). The van der Waals surface area contributed by atoms with Crippen molar-refractivity contribution < 1.29 is 13.5 Å². The molecule has 0 amide bonds. The zero-order chi connectivity index (χ0) is 19.2. The molecular weight excluding hydrogens is 372 g/mol. The van der Waals surface area contributed by atoms with Crippen LogP contribution >= 0.6 is 11.6 Å². The zero-order valence-corrected chi connectivity index (χ0v) is 17.3. The third-order valence-corrected chi connectivity index (χ3v) is 7.82. The van der Waals surface area contributed by atoms with Gasteiger partial charge in [0.05, 0.1) is 16.9 Å². The summed E-state index contributed by atoms with van der Waals surface area (Å²) < 4.78 is 28.1. The number of hydrogen-bond donors (Lipinski definition) is 2. The smallest absolute Gasteiger partial charge is 0.243 e. The molecule has 0 aromatic heterocycles. The molecule has 1 aromatic rings. The molecule has 26 heavy (non-hydrogen) atoms. The van der Waals surface area contributed by atoms with Gasteiger partial charge in [0.15, 0.2) is 0 Å². The van der Waals surface area contributed by atoms with Crippen molar-refractivity contribution in [3.05, 3.63) is 24.3 Å². The number of rotatable bonds is 6. The van der Waals surface area contributed by atoms with Crippen molar-refractivity contribution >= 4 is 27.3 Å². The Bertz CT molecular complexity index is 751. The fourth-order valence-electron chi connectivity index (χ4n) is 4.86. The van der Waals surface area contributed by atoms with Gasteiger partial charge in [-0.25, -0.2) is 8.42 Å². The molecule has 2 aliphatic rings. The molecule has 2 N–H and O–H groups in total. The van der Waals surface area contributed by atoms with Crippen molar-refractivity contribution in [2.45, 2.75) is 57.1 Å². The first-order valence-corrected chi connectivity index (χ1v) is 11.1. The Balaban J connectivity index is 1.76. The Hall–Kier alpha value is -0.820. The number of nitrogens with zero attached hydrogens (tertiary/aromatic N) is 1. The molecule has 1 aromatic carbocycles. The summed E-state index contributed by atoms with van der Waals surface area (Å²) in [6.07, 6.45) is 2.30. The summed E-state index contributed by atoms with van der Waals surface area (Å²) in [6.45, 7) is 7.63. The lowest BCUT2D eigenvalue weighted by Crippen LogP contribution is -2.37. The molecule has 3 atom stereocenters. The Morgan fingerprint density at radius 1 is 1.27 bits per heavy atom. The van der Waals surface area contributed by atoms with E-state index in [1.54, 1.807) is 28.6 Å². The van der Waals surface area contributed by atoms with Crippen LogP contribution in [0.4, 0.5) is 5.69 Å². The molecule has 1 heterocycles. The van der Waals surface area contributed by atoms with Crippen LogP contribution in [0, 0.1) is 10.8 Å². The topological polar surface area (TPSA) is 69.6 Å². The Labute approximate surface area is 161 Å². The summed E-state index contributed by atoms with van der Waals surface area (Å²) in [5.41, 5.74) is 1.01. The number of aliphatic hydroxyl groups excluding tert-OH is 1. The summed E-state index contributed by atoms with van der Waals surface area (Å²) in [7, 11) is -3.50. The van der Waals surface area contributed by atoms with E-state index in [0.29, 0.717) is 18.0 Å². The largest absolute Gasteiger partial charge is 0.390 e. The maximum atomic E-state index is 13.2. The van der Waals surface area contributed by atoms with Gasteiger partial charge in [-0.3, -0.25) is 0 Å². The van der Waals surface area contributed by atoms with Crippen LogP contribution in [0.5, 0.6) is 0 Å². The number of nitrogens with one attached hydrogen (secondary N) is 1. The van der Waals surface area contributed by atoms with Crippen LogP contribution < -0.4 is 5.32 Å². The SMILES string of the molecule is CC1(C)CC2CC(C)(CN2S(=O)(=O)c2ccc(NCC(O)CCl)cc2)C1. The summed E-state index contributed by atoms with van der Waals surface area (Å²) in [5, 5.41) is 12.6. The maximum Gasteiger partial charge on any atom is 0.243 e. The van der Waals surface area contributed by atoms with Gasteiger partial charge in [-0.05, 0) is 54.4 Å². The minimum absolute atomic E-state index is 0.0681. The zero-order valence-electron chi connectivity index (χ0n) is 15.7. The molecule has 1 aliphatic heterocycles. The van der Waals surface area contributed by atoms with Crippen LogP contribution in [-0.2, 0) is 10.0 Å². The van der Waals surface area contributed by atoms with E-state index in [4.69, 9.17) is 11.6 Å². The van der Waals surface area contributed by atoms with Gasteiger partial charge < -0.3 is 10.4 Å². The molecule has 0 radical (unpaired) electrons. The van der Waals surface area contributed by atoms with Gasteiger partial charge >= 0.3 is 0 Å². The van der Waals surface area contributed by atoms with Gasteiger partial charge in [0.2, 0.25) is 10.0 Å². The number of anilines is 1. The van der Waals surface area contributed by atoms with Crippen molar-refractivity contribution in [1.82, 2.24) is 4.31 Å². The van der Waals surface area contributed by atoms with Gasteiger partial charge in [-0.15, -0.1) is 11.6 Å². The normalized spacial score (nSPS) is 29.5. The summed E-state index contributed by atoms with van der Waals surface area (Å²) in [5.74, 6) is 0.158. The van der Waals surface area contributed by atoms with E-state index in [1.165, 1.54) is 0 Å². The minimum atomic E-state index is -3.50. The lowest BCUT2D eigenvalue weighted by molar-refractivity contribution is 0.133. The summed E-state index contributed by atoms with van der Waals surface area (Å²) in [4.78, 5) is 0.329. The van der Waals surface area contributed by atoms with Crippen molar-refractivity contribution in [3.63, 3.8) is 0 Å². The first kappa shape index (κ1) is 19.9. The fourth-order valence-corrected chi connectivity index (χ4v) is 6.74. The molecule has 5 nitrogen and oxygen atoms in total. The summed E-state index contributed by atoms with van der Waals surface area (Å²) >= 11 is 5.58. The number of alkyl halides is 1. The highest BCUT2D eigenvalue weighted by molar-refractivity contribution is 7.89. The minimum Gasteiger partial charge on any atom is -0.390 e. The summed E-state index contributed by atoms with van der Waals surface area (Å²) in [6, 6.07) is 6.84. The molecule has 1 aliphatic carbocycles. The lowest BCUT2D eigenvalue weighted by Gasteiger charge is -2.39. The van der Waals surface area contributed by atoms with Crippen LogP contribution in [0.15, 0.2) is 29.2 Å². The van der Waals surface area contributed by atoms with Crippen LogP contribution in [0.25, 0.3) is 0 Å². The van der Waals surface area contributed by atoms with E-state index in [9.17, 15) is 13.5 Å². The number of aliphatic hydroxyl groups is 1. The van der Waals surface area contributed by atoms with Gasteiger partial charge in [0.1, 0.15) is 0 Å². The molecule has 7 heteroatoms. The highest BCUT2D eigenvalue weighted by Crippen LogP contribution is 2.53. The molecule has 1 saturated heterocycles.